The molecule has 10 heteroatoms. The molecule has 10 nitrogen and oxygen atoms in total. The van der Waals surface area contributed by atoms with Crippen LogP contribution in [0.15, 0.2) is 54.6 Å². The van der Waals surface area contributed by atoms with Crippen LogP contribution in [-0.2, 0) is 25.5 Å². The van der Waals surface area contributed by atoms with Crippen LogP contribution in [0.3, 0.4) is 0 Å². The second-order valence-electron chi connectivity index (χ2n) is 8.63. The summed E-state index contributed by atoms with van der Waals surface area (Å²) in [5, 5.41) is 8.11. The van der Waals surface area contributed by atoms with E-state index < -0.39 is 29.8 Å². The average molecular weight is 511 g/mol. The first-order valence-corrected chi connectivity index (χ1v) is 12.4. The first-order chi connectivity index (χ1) is 17.9. The zero-order valence-electron chi connectivity index (χ0n) is 21.2. The fourth-order valence-electron chi connectivity index (χ4n) is 3.90. The predicted octanol–water partition coefficient (Wildman–Crippen LogP) is 0.906. The second-order valence-corrected chi connectivity index (χ2v) is 8.63. The smallest absolute Gasteiger partial charge is 0.255 e. The molecule has 0 bridgehead atoms. The molecule has 2 aromatic rings. The molecule has 198 valence electrons. The number of nitrogens with one attached hydrogen (secondary N) is 3. The number of likely N-dealkylation sites (N-methyl/N-ethyl adjacent to an activating group) is 1. The van der Waals surface area contributed by atoms with E-state index in [1.807, 2.05) is 37.3 Å². The largest absolute Gasteiger partial charge is 0.491 e. The maximum Gasteiger partial charge on any atom is 0.255 e. The number of para-hydroxylation sites is 1. The fraction of sp³-hybridized carbons (Fsp3) is 0.407. The van der Waals surface area contributed by atoms with Crippen LogP contribution >= 0.6 is 0 Å². The van der Waals surface area contributed by atoms with Gasteiger partial charge in [-0.3, -0.25) is 19.2 Å². The van der Waals surface area contributed by atoms with E-state index in [2.05, 4.69) is 16.0 Å². The van der Waals surface area contributed by atoms with Crippen molar-refractivity contribution < 1.29 is 28.7 Å². The molecular formula is C27H34N4O6. The number of hydrogen-bond acceptors (Lipinski definition) is 6. The minimum absolute atomic E-state index is 0.139. The van der Waals surface area contributed by atoms with Crippen LogP contribution in [-0.4, -0.2) is 80.6 Å². The number of carbonyl (C=O) groups is 4. The molecule has 0 unspecified atom stereocenters. The minimum atomic E-state index is -1.17. The van der Waals surface area contributed by atoms with E-state index in [0.717, 1.165) is 5.56 Å². The maximum absolute atomic E-state index is 13.3. The van der Waals surface area contributed by atoms with Gasteiger partial charge in [-0.25, -0.2) is 0 Å². The molecule has 0 saturated carbocycles. The molecule has 4 amide bonds. The Morgan fingerprint density at radius 1 is 1.08 bits per heavy atom. The Hall–Kier alpha value is -3.92. The van der Waals surface area contributed by atoms with Gasteiger partial charge in [0.2, 0.25) is 17.7 Å². The molecular weight excluding hydrogens is 476 g/mol. The van der Waals surface area contributed by atoms with Gasteiger partial charge >= 0.3 is 0 Å². The van der Waals surface area contributed by atoms with Gasteiger partial charge in [-0.1, -0.05) is 42.5 Å². The third-order valence-electron chi connectivity index (χ3n) is 5.87. The van der Waals surface area contributed by atoms with Crippen LogP contribution in [0.5, 0.6) is 5.75 Å². The van der Waals surface area contributed by atoms with Crippen molar-refractivity contribution in [1.82, 2.24) is 20.9 Å². The lowest BCUT2D eigenvalue weighted by molar-refractivity contribution is -0.136. The number of ether oxygens (including phenoxy) is 2. The minimum Gasteiger partial charge on any atom is -0.491 e. The number of carbonyl (C=O) groups excluding carboxylic acids is 4. The van der Waals surface area contributed by atoms with Crippen LogP contribution in [0.4, 0.5) is 0 Å². The molecule has 3 N–H and O–H groups in total. The molecule has 0 spiro atoms. The summed E-state index contributed by atoms with van der Waals surface area (Å²) in [5.41, 5.74) is 1.10. The van der Waals surface area contributed by atoms with E-state index >= 15 is 0 Å². The highest BCUT2D eigenvalue weighted by Crippen LogP contribution is 2.18. The lowest BCUT2D eigenvalue weighted by atomic mass is 10.0. The van der Waals surface area contributed by atoms with E-state index in [9.17, 15) is 19.2 Å². The number of nitrogens with zero attached hydrogens (tertiary/aromatic N) is 1. The Morgan fingerprint density at radius 3 is 2.57 bits per heavy atom. The molecule has 0 radical (unpaired) electrons. The Balaban J connectivity index is 1.86. The van der Waals surface area contributed by atoms with Crippen LogP contribution in [0.25, 0.3) is 0 Å². The molecule has 0 saturated heterocycles. The van der Waals surface area contributed by atoms with Gasteiger partial charge in [0, 0.05) is 26.6 Å². The number of hydrogen-bond donors (Lipinski definition) is 3. The average Bonchev–Trinajstić information content (AvgIpc) is 2.90. The normalized spacial score (nSPS) is 19.1. The summed E-state index contributed by atoms with van der Waals surface area (Å²) in [7, 11) is 1.63. The number of fused-ring (bicyclic) bond motifs is 1. The third-order valence-corrected chi connectivity index (χ3v) is 5.87. The van der Waals surface area contributed by atoms with Crippen molar-refractivity contribution in [3.8, 4) is 5.75 Å². The van der Waals surface area contributed by atoms with Crippen LogP contribution < -0.4 is 20.7 Å². The van der Waals surface area contributed by atoms with Gasteiger partial charge < -0.3 is 30.3 Å². The molecule has 1 heterocycles. The summed E-state index contributed by atoms with van der Waals surface area (Å²) in [4.78, 5) is 53.9. The topological polar surface area (TPSA) is 126 Å². The monoisotopic (exact) mass is 510 g/mol. The quantitative estimate of drug-likeness (QED) is 0.476. The van der Waals surface area contributed by atoms with E-state index in [1.54, 1.807) is 31.3 Å². The summed E-state index contributed by atoms with van der Waals surface area (Å²) in [6, 6.07) is 13.9. The molecule has 2 atom stereocenters. The lowest BCUT2D eigenvalue weighted by Crippen LogP contribution is -2.53. The molecule has 1 aliphatic rings. The molecule has 3 rings (SSSR count). The molecule has 0 aliphatic carbocycles. The third kappa shape index (κ3) is 8.32. The van der Waals surface area contributed by atoms with E-state index in [0.29, 0.717) is 19.0 Å². The zero-order chi connectivity index (χ0) is 26.6. The highest BCUT2D eigenvalue weighted by molar-refractivity contribution is 6.01. The van der Waals surface area contributed by atoms with E-state index in [4.69, 9.17) is 9.47 Å². The highest BCUT2D eigenvalue weighted by Gasteiger charge is 2.30. The summed E-state index contributed by atoms with van der Waals surface area (Å²) in [6.45, 7) is 3.25. The zero-order valence-corrected chi connectivity index (χ0v) is 21.2. The van der Waals surface area contributed by atoms with Gasteiger partial charge in [0.25, 0.3) is 5.91 Å². The Bertz CT molecular complexity index is 1080. The first-order valence-electron chi connectivity index (χ1n) is 12.4. The van der Waals surface area contributed by atoms with Crippen molar-refractivity contribution in [3.63, 3.8) is 0 Å². The molecule has 0 fully saturated rings. The number of benzene rings is 2. The molecule has 37 heavy (non-hydrogen) atoms. The van der Waals surface area contributed by atoms with Gasteiger partial charge in [-0.05, 0) is 24.6 Å². The summed E-state index contributed by atoms with van der Waals surface area (Å²) < 4.78 is 11.1. The van der Waals surface area contributed by atoms with Gasteiger partial charge in [-0.15, -0.1) is 0 Å². The molecule has 1 aliphatic heterocycles. The second kappa shape index (κ2) is 14.0. The van der Waals surface area contributed by atoms with Gasteiger partial charge in [0.05, 0.1) is 25.1 Å². The standard InChI is InChI=1S/C27H34N4O6/c1-3-36-15-13-28-26(34)21-18-24(32)29-22(17-19-9-5-4-6-10-19)27(35)31(2)14-16-37-23-12-8-7-11-20(23)25(33)30-21/h4-12,21-22H,3,13-18H2,1-2H3,(H,28,34)(H,29,32)(H,30,33)/t21-,22-/m0/s1. The van der Waals surface area contributed by atoms with Crippen molar-refractivity contribution in [3.05, 3.63) is 65.7 Å². The van der Waals surface area contributed by atoms with Crippen LogP contribution in [0.1, 0.15) is 29.3 Å². The van der Waals surface area contributed by atoms with Crippen molar-refractivity contribution >= 4 is 23.6 Å². The van der Waals surface area contributed by atoms with Gasteiger partial charge in [0.15, 0.2) is 0 Å². The Morgan fingerprint density at radius 2 is 1.81 bits per heavy atom. The van der Waals surface area contributed by atoms with E-state index in [1.165, 1.54) is 4.90 Å². The Labute approximate surface area is 216 Å². The molecule has 2 aromatic carbocycles. The van der Waals surface area contributed by atoms with Crippen molar-refractivity contribution in [2.45, 2.75) is 31.8 Å². The highest BCUT2D eigenvalue weighted by atomic mass is 16.5. The lowest BCUT2D eigenvalue weighted by Gasteiger charge is -2.26. The van der Waals surface area contributed by atoms with E-state index in [-0.39, 0.29) is 44.0 Å². The SMILES string of the molecule is CCOCCNC(=O)[C@@H]1CC(=O)N[C@@H](Cc2ccccc2)C(=O)N(C)CCOc2ccccc2C(=O)N1. The van der Waals surface area contributed by atoms with Crippen molar-refractivity contribution in [1.29, 1.82) is 0 Å². The fourth-order valence-corrected chi connectivity index (χ4v) is 3.90. The first kappa shape index (κ1) is 27.7. The predicted molar refractivity (Wildman–Crippen MR) is 137 cm³/mol. The summed E-state index contributed by atoms with van der Waals surface area (Å²) in [6.07, 6.45) is -0.0749. The molecule has 0 aromatic heterocycles. The van der Waals surface area contributed by atoms with Crippen LogP contribution in [0.2, 0.25) is 0 Å². The van der Waals surface area contributed by atoms with Crippen molar-refractivity contribution in [2.75, 3.05) is 40.0 Å². The van der Waals surface area contributed by atoms with Gasteiger partial charge in [0.1, 0.15) is 24.4 Å². The van der Waals surface area contributed by atoms with Gasteiger partial charge in [-0.2, -0.15) is 0 Å². The van der Waals surface area contributed by atoms with Crippen LogP contribution in [0, 0.1) is 0 Å². The summed E-state index contributed by atoms with van der Waals surface area (Å²) >= 11 is 0. The number of amides is 4. The maximum atomic E-state index is 13.3. The summed E-state index contributed by atoms with van der Waals surface area (Å²) in [5.74, 6) is -1.58. The Kier molecular flexibility index (Phi) is 10.5. The number of rotatable bonds is 7. The van der Waals surface area contributed by atoms with Crippen molar-refractivity contribution in [2.24, 2.45) is 0 Å².